The predicted molar refractivity (Wildman–Crippen MR) is 78.6 cm³/mol. The molecule has 0 unspecified atom stereocenters. The van der Waals surface area contributed by atoms with Crippen molar-refractivity contribution >= 4 is 29.5 Å². The van der Waals surface area contributed by atoms with Crippen LogP contribution in [0.2, 0.25) is 0 Å². The van der Waals surface area contributed by atoms with E-state index in [2.05, 4.69) is 9.37 Å². The predicted octanol–water partition coefficient (Wildman–Crippen LogP) is 3.10. The van der Waals surface area contributed by atoms with E-state index in [0.717, 1.165) is 21.7 Å². The number of ether oxygens (including phenoxy) is 1. The molecule has 0 amide bonds. The van der Waals surface area contributed by atoms with Crippen LogP contribution in [0, 0.1) is 13.8 Å². The second-order valence-corrected chi connectivity index (χ2v) is 5.26. The van der Waals surface area contributed by atoms with Crippen molar-refractivity contribution in [2.24, 2.45) is 4.99 Å². The van der Waals surface area contributed by atoms with Crippen LogP contribution in [0.15, 0.2) is 41.0 Å². The van der Waals surface area contributed by atoms with Gasteiger partial charge in [0.15, 0.2) is 5.70 Å². The fourth-order valence-corrected chi connectivity index (χ4v) is 2.63. The molecular weight excluding hydrogens is 272 g/mol. The Hall–Kier alpha value is -2.27. The summed E-state index contributed by atoms with van der Waals surface area (Å²) in [7, 11) is 0. The highest BCUT2D eigenvalue weighted by Gasteiger charge is 2.24. The summed E-state index contributed by atoms with van der Waals surface area (Å²) in [5, 5.41) is 0. The number of cyclic esters (lactones) is 1. The van der Waals surface area contributed by atoms with E-state index in [0.29, 0.717) is 11.6 Å². The molecule has 1 aliphatic rings. The minimum atomic E-state index is -0.422. The summed E-state index contributed by atoms with van der Waals surface area (Å²) >= 11 is 1.36. The molecule has 0 aliphatic carbocycles. The zero-order chi connectivity index (χ0) is 14.1. The van der Waals surface area contributed by atoms with Crippen molar-refractivity contribution in [1.82, 2.24) is 4.37 Å². The molecule has 3 rings (SSSR count). The van der Waals surface area contributed by atoms with Crippen LogP contribution in [-0.4, -0.2) is 16.2 Å². The Morgan fingerprint density at radius 2 is 1.95 bits per heavy atom. The molecule has 0 radical (unpaired) electrons. The normalized spacial score (nSPS) is 16.4. The van der Waals surface area contributed by atoms with E-state index in [1.165, 1.54) is 11.5 Å². The summed E-state index contributed by atoms with van der Waals surface area (Å²) in [6.45, 7) is 3.92. The average Bonchev–Trinajstić information content (AvgIpc) is 2.98. The second-order valence-electron chi connectivity index (χ2n) is 4.46. The van der Waals surface area contributed by atoms with E-state index in [1.807, 2.05) is 44.2 Å². The van der Waals surface area contributed by atoms with Crippen LogP contribution in [-0.2, 0) is 9.53 Å². The minimum Gasteiger partial charge on any atom is -0.402 e. The Labute approximate surface area is 120 Å². The Bertz CT molecular complexity index is 730. The SMILES string of the molecule is Cc1nsc(/C=C2\N=C(c3ccccc3)OC2=O)c1C. The van der Waals surface area contributed by atoms with Crippen LogP contribution in [0.1, 0.15) is 21.7 Å². The number of rotatable bonds is 2. The Kier molecular flexibility index (Phi) is 3.20. The minimum absolute atomic E-state index is 0.315. The zero-order valence-electron chi connectivity index (χ0n) is 11.1. The number of aromatic nitrogens is 1. The molecule has 0 saturated heterocycles. The number of benzene rings is 1. The summed E-state index contributed by atoms with van der Waals surface area (Å²) in [4.78, 5) is 17.1. The topological polar surface area (TPSA) is 51.6 Å². The smallest absolute Gasteiger partial charge is 0.363 e. The van der Waals surface area contributed by atoms with Gasteiger partial charge in [0.1, 0.15) is 0 Å². The lowest BCUT2D eigenvalue weighted by atomic mass is 10.2. The zero-order valence-corrected chi connectivity index (χ0v) is 11.9. The first kappa shape index (κ1) is 12.7. The molecule has 1 aromatic carbocycles. The van der Waals surface area contributed by atoms with Crippen LogP contribution in [0.3, 0.4) is 0 Å². The van der Waals surface area contributed by atoms with Gasteiger partial charge in [-0.15, -0.1) is 0 Å². The number of carbonyl (C=O) groups excluding carboxylic acids is 1. The van der Waals surface area contributed by atoms with Crippen LogP contribution in [0.4, 0.5) is 0 Å². The number of aliphatic imine (C=N–C) groups is 1. The summed E-state index contributed by atoms with van der Waals surface area (Å²) in [5.74, 6) is -0.0740. The molecule has 0 N–H and O–H groups in total. The van der Waals surface area contributed by atoms with Crippen LogP contribution >= 0.6 is 11.5 Å². The highest BCUT2D eigenvalue weighted by Crippen LogP contribution is 2.24. The lowest BCUT2D eigenvalue weighted by molar-refractivity contribution is -0.129. The van der Waals surface area contributed by atoms with Gasteiger partial charge in [-0.2, -0.15) is 4.37 Å². The number of esters is 1. The van der Waals surface area contributed by atoms with Crippen LogP contribution in [0.25, 0.3) is 6.08 Å². The van der Waals surface area contributed by atoms with Gasteiger partial charge < -0.3 is 4.74 Å². The van der Waals surface area contributed by atoms with Crippen LogP contribution in [0.5, 0.6) is 0 Å². The maximum absolute atomic E-state index is 11.9. The molecule has 0 bridgehead atoms. The third-order valence-electron chi connectivity index (χ3n) is 3.10. The molecule has 0 atom stereocenters. The van der Waals surface area contributed by atoms with Crippen LogP contribution < -0.4 is 0 Å². The fourth-order valence-electron chi connectivity index (χ4n) is 1.81. The molecular formula is C15H12N2O2S. The number of hydrogen-bond donors (Lipinski definition) is 0. The Balaban J connectivity index is 1.97. The second kappa shape index (κ2) is 5.02. The molecule has 20 heavy (non-hydrogen) atoms. The van der Waals surface area contributed by atoms with Crippen molar-refractivity contribution in [2.75, 3.05) is 0 Å². The highest BCUT2D eigenvalue weighted by atomic mass is 32.1. The first-order chi connectivity index (χ1) is 9.65. The maximum atomic E-state index is 11.9. The third-order valence-corrected chi connectivity index (χ3v) is 4.09. The van der Waals surface area contributed by atoms with Crippen molar-refractivity contribution < 1.29 is 9.53 Å². The van der Waals surface area contributed by atoms with Gasteiger partial charge in [0.05, 0.1) is 10.6 Å². The molecule has 1 aromatic heterocycles. The van der Waals surface area contributed by atoms with Crippen molar-refractivity contribution in [1.29, 1.82) is 0 Å². The van der Waals surface area contributed by atoms with Crippen molar-refractivity contribution in [3.8, 4) is 0 Å². The highest BCUT2D eigenvalue weighted by molar-refractivity contribution is 7.07. The summed E-state index contributed by atoms with van der Waals surface area (Å²) in [6, 6.07) is 9.38. The first-order valence-electron chi connectivity index (χ1n) is 6.16. The van der Waals surface area contributed by atoms with Gasteiger partial charge in [-0.1, -0.05) is 18.2 Å². The molecule has 2 aromatic rings. The van der Waals surface area contributed by atoms with Gasteiger partial charge in [-0.05, 0) is 49.2 Å². The van der Waals surface area contributed by atoms with E-state index in [1.54, 1.807) is 6.08 Å². The molecule has 100 valence electrons. The molecule has 2 heterocycles. The molecule has 5 heteroatoms. The summed E-state index contributed by atoms with van der Waals surface area (Å²) in [5.41, 5.74) is 3.15. The van der Waals surface area contributed by atoms with E-state index in [-0.39, 0.29) is 0 Å². The fraction of sp³-hybridized carbons (Fsp3) is 0.133. The van der Waals surface area contributed by atoms with Crippen molar-refractivity contribution in [3.05, 3.63) is 57.7 Å². The van der Waals surface area contributed by atoms with Crippen molar-refractivity contribution in [3.63, 3.8) is 0 Å². The molecule has 0 spiro atoms. The average molecular weight is 284 g/mol. The standard InChI is InChI=1S/C15H12N2O2S/c1-9-10(2)17-20-13(9)8-12-15(18)19-14(16-12)11-6-4-3-5-7-11/h3-8H,1-2H3/b12-8-. The summed E-state index contributed by atoms with van der Waals surface area (Å²) < 4.78 is 9.46. The first-order valence-corrected chi connectivity index (χ1v) is 6.93. The van der Waals surface area contributed by atoms with Gasteiger partial charge in [0.25, 0.3) is 0 Å². The van der Waals surface area contributed by atoms with Gasteiger partial charge in [0, 0.05) is 5.56 Å². The van der Waals surface area contributed by atoms with Gasteiger partial charge >= 0.3 is 5.97 Å². The Morgan fingerprint density at radius 3 is 2.60 bits per heavy atom. The molecule has 1 aliphatic heterocycles. The number of carbonyl (C=O) groups is 1. The Morgan fingerprint density at radius 1 is 1.20 bits per heavy atom. The monoisotopic (exact) mass is 284 g/mol. The van der Waals surface area contributed by atoms with Gasteiger partial charge in [-0.3, -0.25) is 0 Å². The lowest BCUT2D eigenvalue weighted by Crippen LogP contribution is -2.04. The van der Waals surface area contributed by atoms with E-state index in [9.17, 15) is 4.79 Å². The van der Waals surface area contributed by atoms with Crippen molar-refractivity contribution in [2.45, 2.75) is 13.8 Å². The third kappa shape index (κ3) is 2.28. The maximum Gasteiger partial charge on any atom is 0.363 e. The van der Waals surface area contributed by atoms with Gasteiger partial charge in [-0.25, -0.2) is 9.79 Å². The number of nitrogens with zero attached hydrogens (tertiary/aromatic N) is 2. The molecule has 0 fully saturated rings. The molecule has 4 nitrogen and oxygen atoms in total. The van der Waals surface area contributed by atoms with E-state index >= 15 is 0 Å². The quantitative estimate of drug-likeness (QED) is 0.629. The molecule has 0 saturated carbocycles. The van der Waals surface area contributed by atoms with E-state index < -0.39 is 5.97 Å². The summed E-state index contributed by atoms with van der Waals surface area (Å²) in [6.07, 6.45) is 1.73. The number of aryl methyl sites for hydroxylation is 1. The van der Waals surface area contributed by atoms with E-state index in [4.69, 9.17) is 4.74 Å². The number of hydrogen-bond acceptors (Lipinski definition) is 5. The lowest BCUT2D eigenvalue weighted by Gasteiger charge is -1.97. The van der Waals surface area contributed by atoms with Gasteiger partial charge in [0.2, 0.25) is 5.90 Å². The largest absolute Gasteiger partial charge is 0.402 e.